The molecule has 1 aliphatic carbocycles. The quantitative estimate of drug-likeness (QED) is 0.840. The molecule has 3 nitrogen and oxygen atoms in total. The first kappa shape index (κ1) is 14.3. The third kappa shape index (κ3) is 2.59. The fraction of sp³-hybridized carbons (Fsp3) is 1.00. The second kappa shape index (κ2) is 5.48. The highest BCUT2D eigenvalue weighted by Gasteiger charge is 2.46. The third-order valence-corrected chi connectivity index (χ3v) is 5.10. The van der Waals surface area contributed by atoms with Crippen molar-refractivity contribution in [1.29, 1.82) is 0 Å². The number of hydrogen-bond acceptors (Lipinski definition) is 3. The van der Waals surface area contributed by atoms with Gasteiger partial charge in [0.1, 0.15) is 0 Å². The van der Waals surface area contributed by atoms with Gasteiger partial charge in [-0.05, 0) is 32.6 Å². The van der Waals surface area contributed by atoms with E-state index in [-0.39, 0.29) is 11.1 Å². The van der Waals surface area contributed by atoms with Crippen molar-refractivity contribution in [3.8, 4) is 0 Å². The summed E-state index contributed by atoms with van der Waals surface area (Å²) in [6.45, 7) is 10.5. The molecule has 0 radical (unpaired) electrons. The summed E-state index contributed by atoms with van der Waals surface area (Å²) in [7, 11) is 0. The standard InChI is InChI=1S/C15H30N2O/c1-4-13-6-5-7-15(10-13,11-16)17-8-9-18-12-14(17,2)3/h13H,4-12,16H2,1-3H3. The predicted molar refractivity (Wildman–Crippen MR) is 75.6 cm³/mol. The lowest BCUT2D eigenvalue weighted by Crippen LogP contribution is -2.67. The molecule has 1 saturated heterocycles. The van der Waals surface area contributed by atoms with Gasteiger partial charge in [-0.25, -0.2) is 0 Å². The van der Waals surface area contributed by atoms with E-state index in [0.29, 0.717) is 0 Å². The first-order valence-corrected chi connectivity index (χ1v) is 7.60. The molecule has 0 spiro atoms. The number of nitrogens with two attached hydrogens (primary N) is 1. The Balaban J connectivity index is 2.19. The highest BCUT2D eigenvalue weighted by molar-refractivity contribution is 5.02. The van der Waals surface area contributed by atoms with Crippen LogP contribution in [-0.2, 0) is 4.74 Å². The third-order valence-electron chi connectivity index (χ3n) is 5.10. The number of ether oxygens (including phenoxy) is 1. The molecule has 2 atom stereocenters. The molecule has 106 valence electrons. The molecule has 2 unspecified atom stereocenters. The van der Waals surface area contributed by atoms with Crippen molar-refractivity contribution < 1.29 is 4.74 Å². The maximum absolute atomic E-state index is 6.22. The molecule has 0 bridgehead atoms. The number of nitrogens with zero attached hydrogens (tertiary/aromatic N) is 1. The van der Waals surface area contributed by atoms with Gasteiger partial charge < -0.3 is 10.5 Å². The second-order valence-electron chi connectivity index (χ2n) is 6.82. The monoisotopic (exact) mass is 254 g/mol. The SMILES string of the molecule is CCC1CCCC(CN)(N2CCOCC2(C)C)C1. The Morgan fingerprint density at radius 2 is 2.17 bits per heavy atom. The van der Waals surface area contributed by atoms with E-state index in [9.17, 15) is 0 Å². The van der Waals surface area contributed by atoms with Crippen molar-refractivity contribution in [2.24, 2.45) is 11.7 Å². The van der Waals surface area contributed by atoms with Gasteiger partial charge in [0, 0.05) is 24.2 Å². The Labute approximate surface area is 112 Å². The molecule has 2 aliphatic rings. The van der Waals surface area contributed by atoms with Crippen LogP contribution in [-0.4, -0.2) is 42.3 Å². The van der Waals surface area contributed by atoms with E-state index in [1.165, 1.54) is 32.1 Å². The maximum atomic E-state index is 6.22. The zero-order valence-electron chi connectivity index (χ0n) is 12.4. The fourth-order valence-electron chi connectivity index (χ4n) is 4.09. The molecule has 3 heteroatoms. The molecule has 0 amide bonds. The van der Waals surface area contributed by atoms with E-state index < -0.39 is 0 Å². The fourth-order valence-corrected chi connectivity index (χ4v) is 4.09. The van der Waals surface area contributed by atoms with Gasteiger partial charge >= 0.3 is 0 Å². The molecule has 1 heterocycles. The van der Waals surface area contributed by atoms with Crippen molar-refractivity contribution >= 4 is 0 Å². The molecular weight excluding hydrogens is 224 g/mol. The molecule has 0 aromatic heterocycles. The lowest BCUT2D eigenvalue weighted by atomic mass is 9.72. The van der Waals surface area contributed by atoms with E-state index in [4.69, 9.17) is 10.5 Å². The van der Waals surface area contributed by atoms with E-state index >= 15 is 0 Å². The van der Waals surface area contributed by atoms with Gasteiger partial charge in [-0.2, -0.15) is 0 Å². The minimum Gasteiger partial charge on any atom is -0.378 e. The zero-order chi connectivity index (χ0) is 13.2. The van der Waals surface area contributed by atoms with Crippen LogP contribution in [0.15, 0.2) is 0 Å². The molecule has 1 saturated carbocycles. The number of morpholine rings is 1. The summed E-state index contributed by atoms with van der Waals surface area (Å²) in [4.78, 5) is 2.67. The van der Waals surface area contributed by atoms with Gasteiger partial charge in [-0.15, -0.1) is 0 Å². The summed E-state index contributed by atoms with van der Waals surface area (Å²) in [6, 6.07) is 0. The maximum Gasteiger partial charge on any atom is 0.0645 e. The molecule has 0 aromatic carbocycles. The second-order valence-corrected chi connectivity index (χ2v) is 6.82. The first-order chi connectivity index (χ1) is 8.54. The van der Waals surface area contributed by atoms with Gasteiger partial charge in [0.15, 0.2) is 0 Å². The highest BCUT2D eigenvalue weighted by atomic mass is 16.5. The van der Waals surface area contributed by atoms with Crippen LogP contribution >= 0.6 is 0 Å². The summed E-state index contributed by atoms with van der Waals surface area (Å²) < 4.78 is 5.67. The zero-order valence-corrected chi connectivity index (χ0v) is 12.4. The lowest BCUT2D eigenvalue weighted by molar-refractivity contribution is -0.119. The van der Waals surface area contributed by atoms with E-state index in [1.54, 1.807) is 0 Å². The van der Waals surface area contributed by atoms with Crippen molar-refractivity contribution in [2.75, 3.05) is 26.3 Å². The molecular formula is C15H30N2O. The van der Waals surface area contributed by atoms with Crippen molar-refractivity contribution in [2.45, 2.75) is 64.0 Å². The Kier molecular flexibility index (Phi) is 4.35. The average molecular weight is 254 g/mol. The van der Waals surface area contributed by atoms with Crippen LogP contribution < -0.4 is 5.73 Å². The minimum atomic E-state index is 0.132. The number of rotatable bonds is 3. The molecule has 2 fully saturated rings. The van der Waals surface area contributed by atoms with Crippen LogP contribution in [0, 0.1) is 5.92 Å². The normalized spacial score (nSPS) is 37.7. The Hall–Kier alpha value is -0.120. The summed E-state index contributed by atoms with van der Waals surface area (Å²) in [5.74, 6) is 0.862. The highest BCUT2D eigenvalue weighted by Crippen LogP contribution is 2.41. The Bertz CT molecular complexity index is 280. The van der Waals surface area contributed by atoms with Crippen LogP contribution in [0.5, 0.6) is 0 Å². The van der Waals surface area contributed by atoms with E-state index in [2.05, 4.69) is 25.7 Å². The molecule has 18 heavy (non-hydrogen) atoms. The summed E-state index contributed by atoms with van der Waals surface area (Å²) in [6.07, 6.45) is 6.57. The van der Waals surface area contributed by atoms with Crippen LogP contribution in [0.1, 0.15) is 52.9 Å². The summed E-state index contributed by atoms with van der Waals surface area (Å²) >= 11 is 0. The largest absolute Gasteiger partial charge is 0.378 e. The number of hydrogen-bond donors (Lipinski definition) is 1. The van der Waals surface area contributed by atoms with Crippen LogP contribution in [0.3, 0.4) is 0 Å². The first-order valence-electron chi connectivity index (χ1n) is 7.60. The summed E-state index contributed by atoms with van der Waals surface area (Å²) in [5, 5.41) is 0. The predicted octanol–water partition coefficient (Wildman–Crippen LogP) is 2.39. The van der Waals surface area contributed by atoms with E-state index in [1.807, 2.05) is 0 Å². The Morgan fingerprint density at radius 3 is 2.78 bits per heavy atom. The van der Waals surface area contributed by atoms with Crippen LogP contribution in [0.25, 0.3) is 0 Å². The van der Waals surface area contributed by atoms with E-state index in [0.717, 1.165) is 32.2 Å². The lowest BCUT2D eigenvalue weighted by Gasteiger charge is -2.56. The van der Waals surface area contributed by atoms with Crippen molar-refractivity contribution in [3.05, 3.63) is 0 Å². The topological polar surface area (TPSA) is 38.5 Å². The smallest absolute Gasteiger partial charge is 0.0645 e. The molecule has 2 N–H and O–H groups in total. The van der Waals surface area contributed by atoms with Crippen LogP contribution in [0.2, 0.25) is 0 Å². The van der Waals surface area contributed by atoms with Gasteiger partial charge in [0.05, 0.1) is 13.2 Å². The molecule has 0 aromatic rings. The van der Waals surface area contributed by atoms with Crippen molar-refractivity contribution in [1.82, 2.24) is 4.90 Å². The molecule has 1 aliphatic heterocycles. The molecule has 2 rings (SSSR count). The average Bonchev–Trinajstić information content (AvgIpc) is 2.38. The van der Waals surface area contributed by atoms with Gasteiger partial charge in [-0.3, -0.25) is 4.90 Å². The van der Waals surface area contributed by atoms with Gasteiger partial charge in [0.2, 0.25) is 0 Å². The summed E-state index contributed by atoms with van der Waals surface area (Å²) in [5.41, 5.74) is 6.59. The van der Waals surface area contributed by atoms with Crippen LogP contribution in [0.4, 0.5) is 0 Å². The van der Waals surface area contributed by atoms with Gasteiger partial charge in [0.25, 0.3) is 0 Å². The minimum absolute atomic E-state index is 0.132. The van der Waals surface area contributed by atoms with Crippen molar-refractivity contribution in [3.63, 3.8) is 0 Å². The van der Waals surface area contributed by atoms with Gasteiger partial charge in [-0.1, -0.05) is 26.2 Å². The Morgan fingerprint density at radius 1 is 1.39 bits per heavy atom.